The summed E-state index contributed by atoms with van der Waals surface area (Å²) < 4.78 is 4.49. The maximum Gasteiger partial charge on any atom is 0.229 e. The van der Waals surface area contributed by atoms with E-state index in [9.17, 15) is 0 Å². The molecule has 3 rings (SSSR count). The highest BCUT2D eigenvalue weighted by atomic mass is 15.0. The van der Waals surface area contributed by atoms with Crippen molar-refractivity contribution in [2.24, 2.45) is 7.05 Å². The number of rotatable bonds is 1. The number of hydrogen-bond acceptors (Lipinski definition) is 0. The lowest BCUT2D eigenvalue weighted by Gasteiger charge is -2.06. The quantitative estimate of drug-likeness (QED) is 0.575. The minimum Gasteiger partial charge on any atom is -0.309 e. The SMILES string of the molecule is Cc1cc2cccc(C)n2c1-c1cccc[n+]1C. The summed E-state index contributed by atoms with van der Waals surface area (Å²) in [5.41, 5.74) is 6.35. The van der Waals surface area contributed by atoms with Crippen molar-refractivity contribution in [1.82, 2.24) is 4.40 Å². The Balaban J connectivity index is 2.43. The van der Waals surface area contributed by atoms with E-state index in [0.717, 1.165) is 0 Å². The van der Waals surface area contributed by atoms with Crippen LogP contribution in [-0.4, -0.2) is 4.40 Å². The van der Waals surface area contributed by atoms with Crippen LogP contribution in [0.5, 0.6) is 0 Å². The molecule has 0 N–H and O–H groups in total. The molecule has 0 spiro atoms. The predicted molar refractivity (Wildman–Crippen MR) is 73.5 cm³/mol. The summed E-state index contributed by atoms with van der Waals surface area (Å²) in [5, 5.41) is 0. The Morgan fingerprint density at radius 3 is 2.61 bits per heavy atom. The molecule has 0 radical (unpaired) electrons. The third kappa shape index (κ3) is 1.53. The van der Waals surface area contributed by atoms with E-state index in [1.165, 1.54) is 28.2 Å². The van der Waals surface area contributed by atoms with Gasteiger partial charge in [-0.05, 0) is 43.7 Å². The lowest BCUT2D eigenvalue weighted by molar-refractivity contribution is -0.660. The summed E-state index contributed by atoms with van der Waals surface area (Å²) in [6, 6.07) is 15.0. The molecular formula is C16H17N2+. The van der Waals surface area contributed by atoms with Crippen molar-refractivity contribution in [3.8, 4) is 11.4 Å². The molecule has 0 bridgehead atoms. The van der Waals surface area contributed by atoms with E-state index in [1.54, 1.807) is 0 Å². The monoisotopic (exact) mass is 237 g/mol. The van der Waals surface area contributed by atoms with E-state index in [1.807, 2.05) is 0 Å². The number of pyridine rings is 2. The molecular weight excluding hydrogens is 220 g/mol. The number of fused-ring (bicyclic) bond motifs is 1. The standard InChI is InChI=1S/C16H17N2/c1-12-11-14-8-6-7-13(2)18(14)16(12)15-9-4-5-10-17(15)3/h4-11H,1-3H3/q+1. The summed E-state index contributed by atoms with van der Waals surface area (Å²) in [6.45, 7) is 4.33. The predicted octanol–water partition coefficient (Wildman–Crippen LogP) is 3.05. The maximum atomic E-state index is 2.32. The molecule has 0 aliphatic rings. The van der Waals surface area contributed by atoms with Gasteiger partial charge < -0.3 is 4.40 Å². The summed E-state index contributed by atoms with van der Waals surface area (Å²) in [6.07, 6.45) is 2.09. The topological polar surface area (TPSA) is 8.29 Å². The van der Waals surface area contributed by atoms with Gasteiger partial charge in [0.05, 0.1) is 0 Å². The molecule has 2 nitrogen and oxygen atoms in total. The first kappa shape index (κ1) is 11.0. The minimum atomic E-state index is 1.24. The Morgan fingerprint density at radius 2 is 1.83 bits per heavy atom. The molecule has 3 heterocycles. The van der Waals surface area contributed by atoms with Gasteiger partial charge in [-0.25, -0.2) is 0 Å². The maximum absolute atomic E-state index is 2.32. The molecule has 0 aliphatic carbocycles. The van der Waals surface area contributed by atoms with Crippen LogP contribution in [-0.2, 0) is 7.05 Å². The van der Waals surface area contributed by atoms with Crippen molar-refractivity contribution < 1.29 is 4.57 Å². The van der Waals surface area contributed by atoms with Crippen LogP contribution < -0.4 is 4.57 Å². The van der Waals surface area contributed by atoms with E-state index < -0.39 is 0 Å². The Kier molecular flexibility index (Phi) is 2.44. The second-order valence-corrected chi connectivity index (χ2v) is 4.80. The van der Waals surface area contributed by atoms with Gasteiger partial charge in [0.15, 0.2) is 6.20 Å². The van der Waals surface area contributed by atoms with Crippen molar-refractivity contribution in [3.63, 3.8) is 0 Å². The van der Waals surface area contributed by atoms with Gasteiger partial charge in [-0.2, -0.15) is 4.57 Å². The average molecular weight is 237 g/mol. The van der Waals surface area contributed by atoms with Crippen molar-refractivity contribution in [2.45, 2.75) is 13.8 Å². The number of aryl methyl sites for hydroxylation is 3. The summed E-state index contributed by atoms with van der Waals surface area (Å²) in [4.78, 5) is 0. The fraction of sp³-hybridized carbons (Fsp3) is 0.188. The van der Waals surface area contributed by atoms with E-state index in [2.05, 4.69) is 78.5 Å². The van der Waals surface area contributed by atoms with Crippen LogP contribution in [0.1, 0.15) is 11.3 Å². The molecule has 0 fully saturated rings. The lowest BCUT2D eigenvalue weighted by Crippen LogP contribution is -2.30. The molecule has 0 unspecified atom stereocenters. The van der Waals surface area contributed by atoms with E-state index in [4.69, 9.17) is 0 Å². The molecule has 3 aromatic heterocycles. The van der Waals surface area contributed by atoms with E-state index in [-0.39, 0.29) is 0 Å². The normalized spacial score (nSPS) is 11.1. The first-order valence-corrected chi connectivity index (χ1v) is 6.21. The molecule has 0 amide bonds. The zero-order valence-electron chi connectivity index (χ0n) is 11.0. The van der Waals surface area contributed by atoms with E-state index >= 15 is 0 Å². The summed E-state index contributed by atoms with van der Waals surface area (Å²) >= 11 is 0. The first-order chi connectivity index (χ1) is 8.68. The zero-order valence-corrected chi connectivity index (χ0v) is 11.0. The Bertz CT molecular complexity index is 723. The van der Waals surface area contributed by atoms with Crippen LogP contribution >= 0.6 is 0 Å². The second-order valence-electron chi connectivity index (χ2n) is 4.80. The molecule has 0 saturated carbocycles. The Hall–Kier alpha value is -2.09. The Labute approximate surface area is 107 Å². The summed E-state index contributed by atoms with van der Waals surface area (Å²) in [7, 11) is 2.09. The molecule has 0 saturated heterocycles. The molecule has 0 aliphatic heterocycles. The zero-order chi connectivity index (χ0) is 12.7. The van der Waals surface area contributed by atoms with E-state index in [0.29, 0.717) is 0 Å². The molecule has 0 atom stereocenters. The van der Waals surface area contributed by atoms with Crippen LogP contribution in [0.25, 0.3) is 16.9 Å². The number of nitrogens with zero attached hydrogens (tertiary/aromatic N) is 2. The largest absolute Gasteiger partial charge is 0.309 e. The minimum absolute atomic E-state index is 1.24. The number of aromatic nitrogens is 2. The van der Waals surface area contributed by atoms with Gasteiger partial charge in [-0.3, -0.25) is 0 Å². The summed E-state index contributed by atoms with van der Waals surface area (Å²) in [5.74, 6) is 0. The van der Waals surface area contributed by atoms with Crippen molar-refractivity contribution in [3.05, 3.63) is 59.9 Å². The van der Waals surface area contributed by atoms with Crippen LogP contribution in [0.2, 0.25) is 0 Å². The fourth-order valence-electron chi connectivity index (χ4n) is 2.61. The van der Waals surface area contributed by atoms with Gasteiger partial charge >= 0.3 is 0 Å². The van der Waals surface area contributed by atoms with Crippen molar-refractivity contribution >= 4 is 5.52 Å². The molecule has 0 aromatic carbocycles. The van der Waals surface area contributed by atoms with Crippen LogP contribution in [0.4, 0.5) is 0 Å². The van der Waals surface area contributed by atoms with Gasteiger partial charge in [0.1, 0.15) is 12.7 Å². The smallest absolute Gasteiger partial charge is 0.229 e. The van der Waals surface area contributed by atoms with Crippen LogP contribution in [0, 0.1) is 13.8 Å². The van der Waals surface area contributed by atoms with Gasteiger partial charge in [0.25, 0.3) is 0 Å². The lowest BCUT2D eigenvalue weighted by atomic mass is 10.2. The first-order valence-electron chi connectivity index (χ1n) is 6.21. The molecule has 3 aromatic rings. The second kappa shape index (κ2) is 3.98. The third-order valence-corrected chi connectivity index (χ3v) is 3.47. The highest BCUT2D eigenvalue weighted by Gasteiger charge is 2.17. The highest BCUT2D eigenvalue weighted by Crippen LogP contribution is 2.25. The third-order valence-electron chi connectivity index (χ3n) is 3.47. The molecule has 18 heavy (non-hydrogen) atoms. The highest BCUT2D eigenvalue weighted by molar-refractivity contribution is 5.68. The van der Waals surface area contributed by atoms with Crippen molar-refractivity contribution in [1.29, 1.82) is 0 Å². The molecule has 2 heteroatoms. The molecule has 90 valence electrons. The van der Waals surface area contributed by atoms with Crippen molar-refractivity contribution in [2.75, 3.05) is 0 Å². The van der Waals surface area contributed by atoms with Gasteiger partial charge in [0.2, 0.25) is 5.69 Å². The van der Waals surface area contributed by atoms with Gasteiger partial charge in [-0.1, -0.05) is 6.07 Å². The Morgan fingerprint density at radius 1 is 1.00 bits per heavy atom. The number of hydrogen-bond donors (Lipinski definition) is 0. The van der Waals surface area contributed by atoms with Crippen LogP contribution in [0.15, 0.2) is 48.7 Å². The van der Waals surface area contributed by atoms with Crippen LogP contribution in [0.3, 0.4) is 0 Å². The average Bonchev–Trinajstić information content (AvgIpc) is 2.68. The van der Waals surface area contributed by atoms with Gasteiger partial charge in [-0.15, -0.1) is 0 Å². The van der Waals surface area contributed by atoms with Gasteiger partial charge in [0, 0.05) is 23.3 Å². The fourth-order valence-corrected chi connectivity index (χ4v) is 2.61.